The molecule has 4 amide bonds. The van der Waals surface area contributed by atoms with Gasteiger partial charge >= 0.3 is 0 Å². The molecule has 0 radical (unpaired) electrons. The van der Waals surface area contributed by atoms with Crippen LogP contribution in [0.15, 0.2) is 24.3 Å². The molecule has 2 N–H and O–H groups in total. The van der Waals surface area contributed by atoms with Crippen molar-refractivity contribution >= 4 is 35.2 Å². The van der Waals surface area contributed by atoms with Crippen LogP contribution in [0.3, 0.4) is 0 Å². The highest BCUT2D eigenvalue weighted by atomic mass is 16.5. The van der Waals surface area contributed by atoms with Crippen molar-refractivity contribution in [1.82, 2.24) is 15.5 Å². The normalized spacial score (nSPS) is 16.5. The Labute approximate surface area is 248 Å². The molecule has 1 aliphatic carbocycles. The smallest absolute Gasteiger partial charge is 0.253 e. The van der Waals surface area contributed by atoms with Crippen molar-refractivity contribution in [3.63, 3.8) is 0 Å². The molecule has 2 rings (SSSR count). The fraction of sp³-hybridized carbons (Fsp3) is 0.677. The lowest BCUT2D eigenvalue weighted by atomic mass is 9.81. The molecule has 0 spiro atoms. The number of ether oxygens (including phenoxy) is 2. The molecular weight excluding hydrogens is 542 g/mol. The number of hydrogen-bond acceptors (Lipinski definition) is 8. The van der Waals surface area contributed by atoms with Crippen LogP contribution in [0.5, 0.6) is 0 Å². The van der Waals surface area contributed by atoms with E-state index in [-0.39, 0.29) is 60.2 Å². The Morgan fingerprint density at radius 3 is 1.88 bits per heavy atom. The van der Waals surface area contributed by atoms with Crippen LogP contribution in [0.25, 0.3) is 0 Å². The highest BCUT2D eigenvalue weighted by molar-refractivity contribution is 6.22. The largest absolute Gasteiger partial charge is 0.375 e. The van der Waals surface area contributed by atoms with E-state index in [0.717, 1.165) is 17.7 Å². The van der Waals surface area contributed by atoms with Gasteiger partial charge in [-0.1, -0.05) is 0 Å². The molecule has 0 aromatic rings. The van der Waals surface area contributed by atoms with Gasteiger partial charge in [0.15, 0.2) is 11.6 Å². The van der Waals surface area contributed by atoms with E-state index in [0.29, 0.717) is 52.0 Å². The number of ketones is 2. The van der Waals surface area contributed by atoms with E-state index in [1.807, 2.05) is 27.7 Å². The van der Waals surface area contributed by atoms with E-state index in [4.69, 9.17) is 9.47 Å². The molecule has 0 atom stereocenters. The van der Waals surface area contributed by atoms with Crippen LogP contribution < -0.4 is 10.6 Å². The number of nitrogens with zero attached hydrogens (tertiary/aromatic N) is 1. The molecule has 0 fully saturated rings. The molecular formula is C31H47N3O8. The Balaban J connectivity index is 1.49. The Hall–Kier alpha value is -3.18. The minimum absolute atomic E-state index is 0.0729. The third kappa shape index (κ3) is 11.6. The SMILES string of the molecule is CC(C)(CCCNC(=O)CCN1C(=O)C=CC1=O)OCCC(C)(C)OCCCNC(=O)CCCC1(C)C(=O)C=CC1=O. The number of nitrogens with one attached hydrogen (secondary N) is 2. The summed E-state index contributed by atoms with van der Waals surface area (Å²) < 4.78 is 12.1. The maximum Gasteiger partial charge on any atom is 0.253 e. The van der Waals surface area contributed by atoms with Gasteiger partial charge < -0.3 is 20.1 Å². The monoisotopic (exact) mass is 589 g/mol. The number of carbonyl (C=O) groups excluding carboxylic acids is 6. The van der Waals surface area contributed by atoms with Crippen LogP contribution in [-0.2, 0) is 38.2 Å². The molecule has 234 valence electrons. The van der Waals surface area contributed by atoms with Crippen molar-refractivity contribution in [2.24, 2.45) is 5.41 Å². The fourth-order valence-corrected chi connectivity index (χ4v) is 4.64. The summed E-state index contributed by atoms with van der Waals surface area (Å²) in [6, 6.07) is 0. The van der Waals surface area contributed by atoms with E-state index < -0.39 is 11.0 Å². The molecule has 42 heavy (non-hydrogen) atoms. The Morgan fingerprint density at radius 2 is 1.26 bits per heavy atom. The summed E-state index contributed by atoms with van der Waals surface area (Å²) in [7, 11) is 0. The van der Waals surface area contributed by atoms with E-state index in [1.165, 1.54) is 24.3 Å². The molecule has 2 aliphatic rings. The molecule has 0 saturated carbocycles. The number of imide groups is 1. The molecule has 1 aliphatic heterocycles. The van der Waals surface area contributed by atoms with Gasteiger partial charge in [-0.15, -0.1) is 0 Å². The highest BCUT2D eigenvalue weighted by Crippen LogP contribution is 2.31. The number of hydrogen-bond donors (Lipinski definition) is 2. The molecule has 0 aromatic carbocycles. The van der Waals surface area contributed by atoms with Gasteiger partial charge in [0.25, 0.3) is 11.8 Å². The average Bonchev–Trinajstić information content (AvgIpc) is 3.36. The second-order valence-electron chi connectivity index (χ2n) is 12.3. The van der Waals surface area contributed by atoms with Gasteiger partial charge in [-0.3, -0.25) is 33.7 Å². The van der Waals surface area contributed by atoms with Gasteiger partial charge in [-0.05, 0) is 85.3 Å². The third-order valence-corrected chi connectivity index (χ3v) is 7.63. The zero-order valence-electron chi connectivity index (χ0n) is 25.7. The summed E-state index contributed by atoms with van der Waals surface area (Å²) in [5, 5.41) is 5.68. The van der Waals surface area contributed by atoms with Crippen LogP contribution in [0.4, 0.5) is 0 Å². The summed E-state index contributed by atoms with van der Waals surface area (Å²) in [6.45, 7) is 11.7. The second-order valence-corrected chi connectivity index (χ2v) is 12.3. The maximum absolute atomic E-state index is 12.1. The first kappa shape index (κ1) is 35.0. The van der Waals surface area contributed by atoms with Crippen molar-refractivity contribution < 1.29 is 38.2 Å². The quantitative estimate of drug-likeness (QED) is 0.125. The van der Waals surface area contributed by atoms with Crippen LogP contribution >= 0.6 is 0 Å². The Kier molecular flexibility index (Phi) is 13.2. The summed E-state index contributed by atoms with van der Waals surface area (Å²) in [6.07, 6.45) is 9.03. The number of allylic oxidation sites excluding steroid dienone is 2. The molecule has 11 nitrogen and oxygen atoms in total. The summed E-state index contributed by atoms with van der Waals surface area (Å²) in [5.41, 5.74) is -1.79. The number of rotatable bonds is 20. The van der Waals surface area contributed by atoms with Crippen LogP contribution in [0.2, 0.25) is 0 Å². The molecule has 11 heteroatoms. The molecule has 0 aromatic heterocycles. The summed E-state index contributed by atoms with van der Waals surface area (Å²) in [4.78, 5) is 72.1. The molecule has 0 bridgehead atoms. The number of carbonyl (C=O) groups is 6. The van der Waals surface area contributed by atoms with Crippen molar-refractivity contribution in [1.29, 1.82) is 0 Å². The maximum atomic E-state index is 12.1. The first-order chi connectivity index (χ1) is 19.7. The third-order valence-electron chi connectivity index (χ3n) is 7.63. The average molecular weight is 590 g/mol. The molecule has 0 saturated heterocycles. The van der Waals surface area contributed by atoms with Gasteiger partial charge in [-0.2, -0.15) is 0 Å². The van der Waals surface area contributed by atoms with E-state index in [2.05, 4.69) is 10.6 Å². The lowest BCUT2D eigenvalue weighted by Crippen LogP contribution is -2.35. The fourth-order valence-electron chi connectivity index (χ4n) is 4.64. The lowest BCUT2D eigenvalue weighted by molar-refractivity contribution is -0.137. The van der Waals surface area contributed by atoms with E-state index in [1.54, 1.807) is 6.92 Å². The zero-order valence-corrected chi connectivity index (χ0v) is 25.7. The predicted molar refractivity (Wildman–Crippen MR) is 156 cm³/mol. The lowest BCUT2D eigenvalue weighted by Gasteiger charge is -2.30. The summed E-state index contributed by atoms with van der Waals surface area (Å²) in [5.74, 6) is -1.47. The van der Waals surface area contributed by atoms with Gasteiger partial charge in [0, 0.05) is 51.2 Å². The van der Waals surface area contributed by atoms with Gasteiger partial charge in [0.1, 0.15) is 0 Å². The standard InChI is InChI=1S/C31H47N3O8/c1-29(2,15-7-18-32-26(38)14-20-34-27(39)12-13-28(34)40)42-22-17-30(3,4)41-21-8-19-33-25(37)9-6-16-31(5)23(35)10-11-24(31)36/h10-13H,6-9,14-22H2,1-5H3,(H,32,38)(H,33,37). The van der Waals surface area contributed by atoms with E-state index in [9.17, 15) is 28.8 Å². The Bertz CT molecular complexity index is 1040. The number of amides is 4. The minimum Gasteiger partial charge on any atom is -0.375 e. The zero-order chi connectivity index (χ0) is 31.4. The first-order valence-electron chi connectivity index (χ1n) is 14.8. The van der Waals surface area contributed by atoms with Crippen LogP contribution in [-0.4, -0.2) is 84.1 Å². The van der Waals surface area contributed by atoms with Gasteiger partial charge in [0.05, 0.1) is 23.2 Å². The Morgan fingerprint density at radius 1 is 0.738 bits per heavy atom. The van der Waals surface area contributed by atoms with Gasteiger partial charge in [-0.25, -0.2) is 0 Å². The minimum atomic E-state index is -1.02. The van der Waals surface area contributed by atoms with Crippen molar-refractivity contribution in [2.75, 3.05) is 32.8 Å². The van der Waals surface area contributed by atoms with Crippen molar-refractivity contribution in [3.05, 3.63) is 24.3 Å². The van der Waals surface area contributed by atoms with E-state index >= 15 is 0 Å². The predicted octanol–water partition coefficient (Wildman–Crippen LogP) is 2.57. The van der Waals surface area contributed by atoms with Crippen LogP contribution in [0, 0.1) is 5.41 Å². The molecule has 1 heterocycles. The first-order valence-corrected chi connectivity index (χ1v) is 14.8. The molecule has 0 unspecified atom stereocenters. The topological polar surface area (TPSA) is 148 Å². The van der Waals surface area contributed by atoms with Crippen molar-refractivity contribution in [2.45, 2.75) is 97.2 Å². The second kappa shape index (κ2) is 15.9. The van der Waals surface area contributed by atoms with Crippen molar-refractivity contribution in [3.8, 4) is 0 Å². The van der Waals surface area contributed by atoms with Gasteiger partial charge in [0.2, 0.25) is 11.8 Å². The summed E-state index contributed by atoms with van der Waals surface area (Å²) >= 11 is 0. The van der Waals surface area contributed by atoms with Crippen LogP contribution in [0.1, 0.15) is 86.0 Å². The highest BCUT2D eigenvalue weighted by Gasteiger charge is 2.41.